The van der Waals surface area contributed by atoms with Crippen LogP contribution in [0.2, 0.25) is 0 Å². The summed E-state index contributed by atoms with van der Waals surface area (Å²) in [6.07, 6.45) is 2.27. The Labute approximate surface area is 150 Å². The zero-order valence-corrected chi connectivity index (χ0v) is 15.4. The topological polar surface area (TPSA) is 56.7 Å². The molecule has 0 spiro atoms. The second-order valence-corrected chi connectivity index (χ2v) is 6.82. The van der Waals surface area contributed by atoms with Crippen molar-refractivity contribution in [2.45, 2.75) is 51.1 Å². The fraction of sp³-hybridized carbons (Fsp3) is 0.389. The number of hydrogen-bond donors (Lipinski definition) is 0. The van der Waals surface area contributed by atoms with E-state index in [-0.39, 0.29) is 5.82 Å². The Morgan fingerprint density at radius 3 is 2.64 bits per heavy atom. The summed E-state index contributed by atoms with van der Waals surface area (Å²) in [6.45, 7) is 7.28. The molecule has 5 nitrogen and oxygen atoms in total. The molecule has 0 unspecified atom stereocenters. The molecule has 0 aliphatic rings. The van der Waals surface area contributed by atoms with Crippen molar-refractivity contribution in [3.63, 3.8) is 0 Å². The molecule has 0 aliphatic heterocycles. The van der Waals surface area contributed by atoms with Crippen molar-refractivity contribution in [3.8, 4) is 11.5 Å². The van der Waals surface area contributed by atoms with Crippen LogP contribution in [-0.4, -0.2) is 19.7 Å². The van der Waals surface area contributed by atoms with Crippen LogP contribution >= 0.6 is 11.8 Å². The lowest BCUT2D eigenvalue weighted by Crippen LogP contribution is -2.02. The lowest BCUT2D eigenvalue weighted by Gasteiger charge is -2.08. The van der Waals surface area contributed by atoms with Gasteiger partial charge in [0.25, 0.3) is 5.89 Å². The van der Waals surface area contributed by atoms with Crippen molar-refractivity contribution in [1.82, 2.24) is 19.7 Å². The van der Waals surface area contributed by atoms with E-state index in [0.29, 0.717) is 23.0 Å². The molecule has 0 N–H and O–H groups in total. The van der Waals surface area contributed by atoms with Gasteiger partial charge in [-0.15, -0.1) is 0 Å². The maximum absolute atomic E-state index is 13.0. The molecule has 7 heteroatoms. The molecule has 1 aromatic carbocycles. The minimum absolute atomic E-state index is 0.288. The van der Waals surface area contributed by atoms with Crippen molar-refractivity contribution >= 4 is 11.8 Å². The van der Waals surface area contributed by atoms with Gasteiger partial charge < -0.3 is 9.09 Å². The minimum Gasteiger partial charge on any atom is -0.334 e. The number of thioether (sulfide) groups is 1. The summed E-state index contributed by atoms with van der Waals surface area (Å²) in [4.78, 5) is 9.04. The summed E-state index contributed by atoms with van der Waals surface area (Å²) < 4.78 is 20.5. The number of unbranched alkanes of at least 4 members (excludes halogenated alkanes) is 1. The van der Waals surface area contributed by atoms with Crippen LogP contribution in [0, 0.1) is 19.7 Å². The SMILES string of the molecule is CCCCn1c(SCc2noc(-c3ccc(F)cc3)n2)nc(C)c1C. The summed E-state index contributed by atoms with van der Waals surface area (Å²) in [5, 5.41) is 5.00. The number of rotatable bonds is 7. The Hall–Kier alpha value is -2.15. The molecule has 3 aromatic rings. The summed E-state index contributed by atoms with van der Waals surface area (Å²) in [5.41, 5.74) is 2.97. The number of aryl methyl sites for hydroxylation is 1. The van der Waals surface area contributed by atoms with Crippen molar-refractivity contribution in [2.24, 2.45) is 0 Å². The van der Waals surface area contributed by atoms with Crippen LogP contribution in [0.1, 0.15) is 37.0 Å². The van der Waals surface area contributed by atoms with Gasteiger partial charge in [0, 0.05) is 17.8 Å². The summed E-state index contributed by atoms with van der Waals surface area (Å²) in [5.74, 6) is 1.29. The molecule has 3 rings (SSSR count). The molecule has 0 bridgehead atoms. The molecule has 2 heterocycles. The first-order valence-corrected chi connectivity index (χ1v) is 9.32. The molecule has 0 atom stereocenters. The van der Waals surface area contributed by atoms with E-state index in [1.807, 2.05) is 6.92 Å². The van der Waals surface area contributed by atoms with Crippen LogP contribution in [0.5, 0.6) is 0 Å². The van der Waals surface area contributed by atoms with Crippen molar-refractivity contribution in [3.05, 3.63) is 47.3 Å². The van der Waals surface area contributed by atoms with Crippen LogP contribution in [0.4, 0.5) is 4.39 Å². The molecule has 0 saturated heterocycles. The third-order valence-electron chi connectivity index (χ3n) is 4.05. The van der Waals surface area contributed by atoms with Gasteiger partial charge in [0.1, 0.15) is 5.82 Å². The first-order valence-electron chi connectivity index (χ1n) is 8.33. The van der Waals surface area contributed by atoms with E-state index in [0.717, 1.165) is 30.2 Å². The largest absolute Gasteiger partial charge is 0.334 e. The molecule has 0 saturated carbocycles. The van der Waals surface area contributed by atoms with Crippen LogP contribution in [0.15, 0.2) is 33.9 Å². The Bertz CT molecular complexity index is 841. The van der Waals surface area contributed by atoms with Crippen LogP contribution < -0.4 is 0 Å². The van der Waals surface area contributed by atoms with E-state index >= 15 is 0 Å². The van der Waals surface area contributed by atoms with E-state index in [9.17, 15) is 4.39 Å². The van der Waals surface area contributed by atoms with Gasteiger partial charge in [0.15, 0.2) is 11.0 Å². The van der Waals surface area contributed by atoms with E-state index in [4.69, 9.17) is 4.52 Å². The maximum Gasteiger partial charge on any atom is 0.257 e. The fourth-order valence-corrected chi connectivity index (χ4v) is 3.43. The normalized spacial score (nSPS) is 11.2. The third-order valence-corrected chi connectivity index (χ3v) is 5.02. The molecule has 0 fully saturated rings. The van der Waals surface area contributed by atoms with Gasteiger partial charge in [0.05, 0.1) is 11.4 Å². The average Bonchev–Trinajstić information content (AvgIpc) is 3.18. The second-order valence-electron chi connectivity index (χ2n) is 5.88. The lowest BCUT2D eigenvalue weighted by atomic mass is 10.2. The number of nitrogens with zero attached hydrogens (tertiary/aromatic N) is 4. The first-order chi connectivity index (χ1) is 12.1. The Balaban J connectivity index is 1.70. The first kappa shape index (κ1) is 17.7. The van der Waals surface area contributed by atoms with Crippen molar-refractivity contribution in [1.29, 1.82) is 0 Å². The van der Waals surface area contributed by atoms with Crippen LogP contribution in [0.3, 0.4) is 0 Å². The maximum atomic E-state index is 13.0. The zero-order chi connectivity index (χ0) is 17.8. The molecule has 132 valence electrons. The molecule has 0 aliphatic carbocycles. The highest BCUT2D eigenvalue weighted by Gasteiger charge is 2.14. The highest BCUT2D eigenvalue weighted by atomic mass is 32.2. The smallest absolute Gasteiger partial charge is 0.257 e. The number of hydrogen-bond acceptors (Lipinski definition) is 5. The molecule has 0 amide bonds. The summed E-state index contributed by atoms with van der Waals surface area (Å²) >= 11 is 1.60. The molecule has 25 heavy (non-hydrogen) atoms. The van der Waals surface area contributed by atoms with E-state index in [2.05, 4.69) is 33.5 Å². The highest BCUT2D eigenvalue weighted by molar-refractivity contribution is 7.98. The quantitative estimate of drug-likeness (QED) is 0.568. The zero-order valence-electron chi connectivity index (χ0n) is 14.6. The number of halogens is 1. The average molecular weight is 360 g/mol. The molecule has 2 aromatic heterocycles. The summed E-state index contributed by atoms with van der Waals surface area (Å²) in [7, 11) is 0. The van der Waals surface area contributed by atoms with Gasteiger partial charge in [-0.05, 0) is 44.5 Å². The predicted octanol–water partition coefficient (Wildman–Crippen LogP) is 4.78. The van der Waals surface area contributed by atoms with Gasteiger partial charge in [-0.3, -0.25) is 0 Å². The predicted molar refractivity (Wildman–Crippen MR) is 95.9 cm³/mol. The van der Waals surface area contributed by atoms with E-state index in [1.54, 1.807) is 23.9 Å². The number of aromatic nitrogens is 4. The molecule has 0 radical (unpaired) electrons. The number of imidazole rings is 1. The standard InChI is InChI=1S/C18H21FN4OS/c1-4-5-10-23-13(3)12(2)20-18(23)25-11-16-21-17(24-22-16)14-6-8-15(19)9-7-14/h6-9H,4-5,10-11H2,1-3H3. The summed E-state index contributed by atoms with van der Waals surface area (Å²) in [6, 6.07) is 6.02. The Morgan fingerprint density at radius 1 is 1.16 bits per heavy atom. The van der Waals surface area contributed by atoms with Gasteiger partial charge in [-0.1, -0.05) is 30.3 Å². The van der Waals surface area contributed by atoms with E-state index < -0.39 is 0 Å². The van der Waals surface area contributed by atoms with Crippen molar-refractivity contribution < 1.29 is 8.91 Å². The van der Waals surface area contributed by atoms with Gasteiger partial charge in [-0.25, -0.2) is 9.37 Å². The highest BCUT2D eigenvalue weighted by Crippen LogP contribution is 2.25. The van der Waals surface area contributed by atoms with Crippen LogP contribution in [0.25, 0.3) is 11.5 Å². The third kappa shape index (κ3) is 4.10. The van der Waals surface area contributed by atoms with Gasteiger partial charge >= 0.3 is 0 Å². The van der Waals surface area contributed by atoms with Crippen LogP contribution in [-0.2, 0) is 12.3 Å². The van der Waals surface area contributed by atoms with Crippen molar-refractivity contribution in [2.75, 3.05) is 0 Å². The molecular formula is C18H21FN4OS. The minimum atomic E-state index is -0.288. The number of benzene rings is 1. The van der Waals surface area contributed by atoms with E-state index in [1.165, 1.54) is 17.8 Å². The lowest BCUT2D eigenvalue weighted by molar-refractivity contribution is 0.425. The van der Waals surface area contributed by atoms with Gasteiger partial charge in [0.2, 0.25) is 0 Å². The van der Waals surface area contributed by atoms with Gasteiger partial charge in [-0.2, -0.15) is 4.98 Å². The Kier molecular flexibility index (Phi) is 5.53. The monoisotopic (exact) mass is 360 g/mol. The Morgan fingerprint density at radius 2 is 1.92 bits per heavy atom. The fourth-order valence-electron chi connectivity index (χ4n) is 2.46. The second kappa shape index (κ2) is 7.82. The molecular weight excluding hydrogens is 339 g/mol.